The second-order valence-electron chi connectivity index (χ2n) is 7.67. The zero-order valence-electron chi connectivity index (χ0n) is 18.7. The van der Waals surface area contributed by atoms with Crippen molar-refractivity contribution in [3.8, 4) is 27.8 Å². The van der Waals surface area contributed by atoms with Gasteiger partial charge in [0.15, 0.2) is 11.5 Å². The lowest BCUT2D eigenvalue weighted by molar-refractivity contribution is -0.115. The van der Waals surface area contributed by atoms with Gasteiger partial charge in [-0.15, -0.1) is 11.3 Å². The highest BCUT2D eigenvalue weighted by Crippen LogP contribution is 2.34. The number of nitrogens with one attached hydrogen (secondary N) is 2. The van der Waals surface area contributed by atoms with Gasteiger partial charge in [0.25, 0.3) is 5.91 Å². The molecule has 0 radical (unpaired) electrons. The Bertz CT molecular complexity index is 1380. The highest BCUT2D eigenvalue weighted by atomic mass is 32.1. The summed E-state index contributed by atoms with van der Waals surface area (Å²) in [7, 11) is 1.62. The summed E-state index contributed by atoms with van der Waals surface area (Å²) in [5, 5.41) is 8.35. The summed E-state index contributed by atoms with van der Waals surface area (Å²) < 4.78 is 15.8. The van der Waals surface area contributed by atoms with Crippen LogP contribution >= 0.6 is 11.3 Å². The molecule has 0 atom stereocenters. The number of methoxy groups -OCH3 is 1. The molecule has 0 unspecified atom stereocenters. The zero-order chi connectivity index (χ0) is 24.2. The topological polar surface area (TPSA) is 98.8 Å². The summed E-state index contributed by atoms with van der Waals surface area (Å²) in [5.74, 6) is 1.36. The first-order chi connectivity index (χ1) is 17.1. The van der Waals surface area contributed by atoms with E-state index in [4.69, 9.17) is 14.2 Å². The molecule has 1 aliphatic heterocycles. The van der Waals surface area contributed by atoms with Crippen molar-refractivity contribution in [2.45, 2.75) is 6.42 Å². The van der Waals surface area contributed by atoms with Gasteiger partial charge in [0.1, 0.15) is 10.8 Å². The molecule has 5 rings (SSSR count). The number of hydrogen-bond acceptors (Lipinski definition) is 7. The molecule has 8 nitrogen and oxygen atoms in total. The van der Waals surface area contributed by atoms with Gasteiger partial charge in [0, 0.05) is 22.7 Å². The van der Waals surface area contributed by atoms with E-state index >= 15 is 0 Å². The molecule has 0 aliphatic carbocycles. The van der Waals surface area contributed by atoms with E-state index in [-0.39, 0.29) is 25.0 Å². The van der Waals surface area contributed by atoms with Gasteiger partial charge < -0.3 is 24.8 Å². The van der Waals surface area contributed by atoms with Crippen LogP contribution in [0.4, 0.5) is 11.4 Å². The van der Waals surface area contributed by atoms with Crippen LogP contribution in [0.1, 0.15) is 16.1 Å². The SMILES string of the molecule is COc1ccc(-c2nc(CC(=O)Nc3ccccc3C(=O)Nc3ccc4c(c3)OCO4)cs2)cc1. The second-order valence-corrected chi connectivity index (χ2v) is 8.52. The van der Waals surface area contributed by atoms with Crippen molar-refractivity contribution >= 4 is 34.5 Å². The first kappa shape index (κ1) is 22.4. The van der Waals surface area contributed by atoms with Crippen molar-refractivity contribution < 1.29 is 23.8 Å². The Morgan fingerprint density at radius 3 is 2.63 bits per heavy atom. The van der Waals surface area contributed by atoms with Gasteiger partial charge in [-0.2, -0.15) is 0 Å². The van der Waals surface area contributed by atoms with Crippen LogP contribution in [0.15, 0.2) is 72.1 Å². The van der Waals surface area contributed by atoms with Gasteiger partial charge in [0.05, 0.1) is 30.5 Å². The van der Waals surface area contributed by atoms with Crippen LogP contribution in [-0.4, -0.2) is 30.7 Å². The van der Waals surface area contributed by atoms with E-state index in [9.17, 15) is 9.59 Å². The summed E-state index contributed by atoms with van der Waals surface area (Å²) in [6.07, 6.45) is 0.0881. The fourth-order valence-electron chi connectivity index (χ4n) is 3.58. The number of fused-ring (bicyclic) bond motifs is 1. The van der Waals surface area contributed by atoms with Gasteiger partial charge >= 0.3 is 0 Å². The number of rotatable bonds is 7. The smallest absolute Gasteiger partial charge is 0.257 e. The minimum atomic E-state index is -0.352. The number of amides is 2. The summed E-state index contributed by atoms with van der Waals surface area (Å²) in [5.41, 5.74) is 2.93. The molecule has 2 heterocycles. The van der Waals surface area contributed by atoms with E-state index in [0.29, 0.717) is 34.1 Å². The average molecular weight is 488 g/mol. The maximum Gasteiger partial charge on any atom is 0.257 e. The predicted octanol–water partition coefficient (Wildman–Crippen LogP) is 4.98. The van der Waals surface area contributed by atoms with Gasteiger partial charge in [0.2, 0.25) is 12.7 Å². The van der Waals surface area contributed by atoms with Crippen LogP contribution in [0, 0.1) is 0 Å². The highest BCUT2D eigenvalue weighted by molar-refractivity contribution is 7.13. The molecule has 0 spiro atoms. The quantitative estimate of drug-likeness (QED) is 0.381. The number of hydrogen-bond donors (Lipinski definition) is 2. The number of nitrogens with zero attached hydrogens (tertiary/aromatic N) is 1. The molecular formula is C26H21N3O5S. The lowest BCUT2D eigenvalue weighted by atomic mass is 10.1. The van der Waals surface area contributed by atoms with Crippen molar-refractivity contribution in [2.75, 3.05) is 24.5 Å². The Kier molecular flexibility index (Phi) is 6.32. The molecule has 0 saturated heterocycles. The number of aromatic nitrogens is 1. The molecule has 1 aliphatic rings. The molecule has 2 N–H and O–H groups in total. The standard InChI is InChI=1S/C26H21N3O5S/c1-32-19-9-6-16(7-10-19)26-28-18(14-35-26)13-24(30)29-21-5-3-2-4-20(21)25(31)27-17-8-11-22-23(12-17)34-15-33-22/h2-12,14H,13,15H2,1H3,(H,27,31)(H,29,30). The second kappa shape index (κ2) is 9.86. The minimum absolute atomic E-state index is 0.0881. The predicted molar refractivity (Wildman–Crippen MR) is 133 cm³/mol. The number of para-hydroxylation sites is 1. The average Bonchev–Trinajstić information content (AvgIpc) is 3.53. The van der Waals surface area contributed by atoms with Crippen LogP contribution < -0.4 is 24.8 Å². The fraction of sp³-hybridized carbons (Fsp3) is 0.115. The van der Waals surface area contributed by atoms with E-state index in [1.165, 1.54) is 11.3 Å². The Hall–Kier alpha value is -4.37. The summed E-state index contributed by atoms with van der Waals surface area (Å²) >= 11 is 1.47. The molecular weight excluding hydrogens is 466 g/mol. The molecule has 2 amide bonds. The Labute approximate surface area is 205 Å². The molecule has 4 aromatic rings. The minimum Gasteiger partial charge on any atom is -0.497 e. The normalized spacial score (nSPS) is 11.7. The van der Waals surface area contributed by atoms with E-state index in [2.05, 4.69) is 15.6 Å². The third-order valence-electron chi connectivity index (χ3n) is 5.31. The van der Waals surface area contributed by atoms with E-state index in [1.807, 2.05) is 29.6 Å². The van der Waals surface area contributed by atoms with Gasteiger partial charge in [-0.1, -0.05) is 12.1 Å². The third-order valence-corrected chi connectivity index (χ3v) is 6.25. The molecule has 9 heteroatoms. The lowest BCUT2D eigenvalue weighted by Gasteiger charge is -2.11. The van der Waals surface area contributed by atoms with Crippen molar-refractivity contribution in [3.05, 3.63) is 83.4 Å². The molecule has 35 heavy (non-hydrogen) atoms. The Morgan fingerprint density at radius 1 is 1.00 bits per heavy atom. The highest BCUT2D eigenvalue weighted by Gasteiger charge is 2.17. The van der Waals surface area contributed by atoms with Crippen LogP contribution in [0.2, 0.25) is 0 Å². The number of ether oxygens (including phenoxy) is 3. The molecule has 0 saturated carbocycles. The Balaban J connectivity index is 1.25. The largest absolute Gasteiger partial charge is 0.497 e. The zero-order valence-corrected chi connectivity index (χ0v) is 19.6. The summed E-state index contributed by atoms with van der Waals surface area (Å²) in [6, 6.07) is 19.6. The van der Waals surface area contributed by atoms with Crippen LogP contribution in [0.5, 0.6) is 17.2 Å². The molecule has 0 fully saturated rings. The van der Waals surface area contributed by atoms with Crippen molar-refractivity contribution in [1.29, 1.82) is 0 Å². The van der Waals surface area contributed by atoms with Gasteiger partial charge in [-0.25, -0.2) is 4.98 Å². The Morgan fingerprint density at radius 2 is 1.80 bits per heavy atom. The summed E-state index contributed by atoms with van der Waals surface area (Å²) in [4.78, 5) is 30.2. The van der Waals surface area contributed by atoms with Crippen LogP contribution in [0.25, 0.3) is 10.6 Å². The first-order valence-corrected chi connectivity index (χ1v) is 11.7. The number of carbonyl (C=O) groups excluding carboxylic acids is 2. The van der Waals surface area contributed by atoms with E-state index in [1.54, 1.807) is 49.6 Å². The third kappa shape index (κ3) is 5.10. The van der Waals surface area contributed by atoms with Crippen LogP contribution in [0.3, 0.4) is 0 Å². The number of benzene rings is 3. The van der Waals surface area contributed by atoms with Crippen molar-refractivity contribution in [1.82, 2.24) is 4.98 Å². The maximum atomic E-state index is 12.9. The fourth-order valence-corrected chi connectivity index (χ4v) is 4.40. The van der Waals surface area contributed by atoms with Crippen LogP contribution in [-0.2, 0) is 11.2 Å². The number of thiazole rings is 1. The number of anilines is 2. The summed E-state index contributed by atoms with van der Waals surface area (Å²) in [6.45, 7) is 0.155. The molecule has 1 aromatic heterocycles. The van der Waals surface area contributed by atoms with E-state index in [0.717, 1.165) is 16.3 Å². The van der Waals surface area contributed by atoms with E-state index < -0.39 is 0 Å². The molecule has 3 aromatic carbocycles. The molecule has 0 bridgehead atoms. The number of carbonyl (C=O) groups is 2. The lowest BCUT2D eigenvalue weighted by Crippen LogP contribution is -2.19. The van der Waals surface area contributed by atoms with Gasteiger partial charge in [-0.3, -0.25) is 9.59 Å². The van der Waals surface area contributed by atoms with Crippen molar-refractivity contribution in [3.63, 3.8) is 0 Å². The molecule has 176 valence electrons. The van der Waals surface area contributed by atoms with Crippen molar-refractivity contribution in [2.24, 2.45) is 0 Å². The van der Waals surface area contributed by atoms with Gasteiger partial charge in [-0.05, 0) is 48.5 Å². The monoisotopic (exact) mass is 487 g/mol. The maximum absolute atomic E-state index is 12.9. The first-order valence-electron chi connectivity index (χ1n) is 10.8.